The summed E-state index contributed by atoms with van der Waals surface area (Å²) in [4.78, 5) is 8.59. The molecule has 4 aromatic rings. The van der Waals surface area contributed by atoms with Crippen molar-refractivity contribution in [2.75, 3.05) is 17.2 Å². The van der Waals surface area contributed by atoms with Crippen molar-refractivity contribution in [2.45, 2.75) is 77.3 Å². The molecule has 1 aromatic carbocycles. The van der Waals surface area contributed by atoms with Gasteiger partial charge in [-0.25, -0.2) is 9.97 Å². The van der Waals surface area contributed by atoms with E-state index in [9.17, 15) is 9.50 Å². The van der Waals surface area contributed by atoms with Crippen LogP contribution in [0.4, 0.5) is 16.0 Å². The summed E-state index contributed by atoms with van der Waals surface area (Å²) in [6.07, 6.45) is 10.8. The number of hydrogen-bond acceptors (Lipinski definition) is 6. The summed E-state index contributed by atoms with van der Waals surface area (Å²) in [6, 6.07) is 15.4. The summed E-state index contributed by atoms with van der Waals surface area (Å²) in [5.74, 6) is 1.47. The Kier molecular flexibility index (Phi) is 10.0. The van der Waals surface area contributed by atoms with Crippen LogP contribution < -0.4 is 10.6 Å². The molecular formula is C30H39FN6O. The zero-order chi connectivity index (χ0) is 26.7. The Morgan fingerprint density at radius 3 is 2.47 bits per heavy atom. The van der Waals surface area contributed by atoms with Gasteiger partial charge in [0, 0.05) is 24.4 Å². The van der Waals surface area contributed by atoms with E-state index in [-0.39, 0.29) is 12.6 Å². The first kappa shape index (κ1) is 27.5. The molecule has 1 unspecified atom stereocenters. The fraction of sp³-hybridized carbons (Fsp3) is 0.433. The van der Waals surface area contributed by atoms with Gasteiger partial charge in [-0.15, -0.1) is 0 Å². The molecule has 0 saturated heterocycles. The second-order valence-corrected chi connectivity index (χ2v) is 10.2. The molecule has 202 valence electrons. The minimum atomic E-state index is -0.430. The Labute approximate surface area is 224 Å². The first-order valence-corrected chi connectivity index (χ1v) is 13.7. The second-order valence-electron chi connectivity index (χ2n) is 10.2. The fourth-order valence-corrected chi connectivity index (χ4v) is 4.60. The van der Waals surface area contributed by atoms with Crippen LogP contribution in [-0.4, -0.2) is 37.3 Å². The van der Waals surface area contributed by atoms with Crippen LogP contribution in [0.2, 0.25) is 0 Å². The second kappa shape index (κ2) is 13.9. The molecule has 3 aromatic heterocycles. The topological polar surface area (TPSA) is 87.4 Å². The molecule has 0 saturated carbocycles. The lowest BCUT2D eigenvalue weighted by Crippen LogP contribution is -2.24. The van der Waals surface area contributed by atoms with Gasteiger partial charge in [0.2, 0.25) is 5.95 Å². The Morgan fingerprint density at radius 1 is 0.947 bits per heavy atom. The summed E-state index contributed by atoms with van der Waals surface area (Å²) in [7, 11) is 0. The van der Waals surface area contributed by atoms with E-state index in [1.165, 1.54) is 11.6 Å². The van der Waals surface area contributed by atoms with Gasteiger partial charge in [-0.05, 0) is 42.4 Å². The molecule has 0 aliphatic carbocycles. The van der Waals surface area contributed by atoms with Crippen molar-refractivity contribution in [2.24, 2.45) is 0 Å². The highest BCUT2D eigenvalue weighted by Crippen LogP contribution is 2.25. The van der Waals surface area contributed by atoms with Gasteiger partial charge in [-0.3, -0.25) is 0 Å². The Balaban J connectivity index is 1.31. The quantitative estimate of drug-likeness (QED) is 0.125. The summed E-state index contributed by atoms with van der Waals surface area (Å²) in [5.41, 5.74) is 4.18. The minimum absolute atomic E-state index is 0.0491. The normalized spacial score (nSPS) is 12.2. The molecule has 1 atom stereocenters. The fourth-order valence-electron chi connectivity index (χ4n) is 4.60. The molecular weight excluding hydrogens is 479 g/mol. The van der Waals surface area contributed by atoms with Crippen molar-refractivity contribution < 1.29 is 9.50 Å². The van der Waals surface area contributed by atoms with Crippen LogP contribution >= 0.6 is 0 Å². The molecule has 8 heteroatoms. The van der Waals surface area contributed by atoms with E-state index in [1.807, 2.05) is 41.0 Å². The minimum Gasteiger partial charge on any atom is -0.394 e. The van der Waals surface area contributed by atoms with Gasteiger partial charge >= 0.3 is 0 Å². The lowest BCUT2D eigenvalue weighted by Gasteiger charge is -2.18. The number of aliphatic hydroxyl groups excluding tert-OH is 1. The zero-order valence-electron chi connectivity index (χ0n) is 22.4. The number of rotatable bonds is 15. The summed E-state index contributed by atoms with van der Waals surface area (Å²) < 4.78 is 14.8. The van der Waals surface area contributed by atoms with Crippen molar-refractivity contribution >= 4 is 17.3 Å². The molecule has 0 amide bonds. The summed E-state index contributed by atoms with van der Waals surface area (Å²) >= 11 is 0. The molecule has 4 rings (SSSR count). The van der Waals surface area contributed by atoms with Gasteiger partial charge in [0.25, 0.3) is 0 Å². The number of fused-ring (bicyclic) bond motifs is 1. The third kappa shape index (κ3) is 7.74. The largest absolute Gasteiger partial charge is 0.394 e. The highest BCUT2D eigenvalue weighted by Gasteiger charge is 2.16. The van der Waals surface area contributed by atoms with Crippen LogP contribution in [0.3, 0.4) is 0 Å². The lowest BCUT2D eigenvalue weighted by atomic mass is 10.0. The number of pyridine rings is 1. The van der Waals surface area contributed by atoms with Crippen molar-refractivity contribution in [1.82, 2.24) is 19.6 Å². The van der Waals surface area contributed by atoms with Crippen molar-refractivity contribution in [3.63, 3.8) is 0 Å². The van der Waals surface area contributed by atoms with Crippen LogP contribution in [0.25, 0.3) is 5.65 Å². The summed E-state index contributed by atoms with van der Waals surface area (Å²) in [6.45, 7) is 5.01. The number of aliphatic hydroxyl groups is 1. The standard InChI is InChI=1S/C30H39FN6O/c1-22(2)26-20-34-37-29(33-19-23-11-8-6-9-12-23)17-28(36-30(26)37)35-25(21-38)14-10-5-3-4-7-13-24-15-16-27(31)32-18-24/h6,8-9,11-12,15-18,20,22,25,33,38H,3-5,7,10,13-14,19,21H2,1-2H3,(H,35,36). The molecule has 0 radical (unpaired) electrons. The van der Waals surface area contributed by atoms with E-state index in [2.05, 4.69) is 46.7 Å². The number of nitrogens with zero attached hydrogens (tertiary/aromatic N) is 4. The average molecular weight is 519 g/mol. The SMILES string of the molecule is CC(C)c1cnn2c(NCc3ccccc3)cc(NC(CO)CCCCCCCc3ccc(F)nc3)nc12. The zero-order valence-corrected chi connectivity index (χ0v) is 22.4. The molecule has 0 bridgehead atoms. The number of halogens is 1. The van der Waals surface area contributed by atoms with Crippen molar-refractivity contribution in [1.29, 1.82) is 0 Å². The first-order valence-electron chi connectivity index (χ1n) is 13.7. The van der Waals surface area contributed by atoms with Crippen molar-refractivity contribution in [3.8, 4) is 0 Å². The summed E-state index contributed by atoms with van der Waals surface area (Å²) in [5, 5.41) is 21.6. The number of benzene rings is 1. The number of unbranched alkanes of at least 4 members (excludes halogenated alkanes) is 4. The average Bonchev–Trinajstić information content (AvgIpc) is 3.36. The number of hydrogen-bond donors (Lipinski definition) is 3. The van der Waals surface area contributed by atoms with Crippen LogP contribution in [-0.2, 0) is 13.0 Å². The van der Waals surface area contributed by atoms with E-state index < -0.39 is 5.95 Å². The maximum absolute atomic E-state index is 12.9. The maximum Gasteiger partial charge on any atom is 0.212 e. The van der Waals surface area contributed by atoms with Crippen LogP contribution in [0.5, 0.6) is 0 Å². The highest BCUT2D eigenvalue weighted by atomic mass is 19.1. The van der Waals surface area contributed by atoms with E-state index in [0.29, 0.717) is 12.5 Å². The van der Waals surface area contributed by atoms with Gasteiger partial charge < -0.3 is 15.7 Å². The molecule has 0 aliphatic rings. The van der Waals surface area contributed by atoms with E-state index in [1.54, 1.807) is 6.20 Å². The van der Waals surface area contributed by atoms with Gasteiger partial charge in [-0.2, -0.15) is 14.0 Å². The smallest absolute Gasteiger partial charge is 0.212 e. The third-order valence-electron chi connectivity index (χ3n) is 6.82. The molecule has 38 heavy (non-hydrogen) atoms. The highest BCUT2D eigenvalue weighted by molar-refractivity contribution is 5.61. The molecule has 0 spiro atoms. The van der Waals surface area contributed by atoms with Gasteiger partial charge in [-0.1, -0.05) is 75.9 Å². The predicted molar refractivity (Wildman–Crippen MR) is 151 cm³/mol. The number of aryl methyl sites for hydroxylation is 1. The monoisotopic (exact) mass is 518 g/mol. The third-order valence-corrected chi connectivity index (χ3v) is 6.82. The van der Waals surface area contributed by atoms with Gasteiger partial charge in [0.1, 0.15) is 11.6 Å². The first-order chi connectivity index (χ1) is 18.5. The van der Waals surface area contributed by atoms with Crippen LogP contribution in [0.15, 0.2) is 60.9 Å². The van der Waals surface area contributed by atoms with Crippen LogP contribution in [0, 0.1) is 5.95 Å². The maximum atomic E-state index is 12.9. The Bertz CT molecular complexity index is 1260. The van der Waals surface area contributed by atoms with E-state index in [4.69, 9.17) is 4.98 Å². The molecule has 0 fully saturated rings. The van der Waals surface area contributed by atoms with Gasteiger partial charge in [0.05, 0.1) is 18.8 Å². The number of nitrogens with one attached hydrogen (secondary N) is 2. The lowest BCUT2D eigenvalue weighted by molar-refractivity contribution is 0.266. The van der Waals surface area contributed by atoms with E-state index >= 15 is 0 Å². The molecule has 7 nitrogen and oxygen atoms in total. The Morgan fingerprint density at radius 2 is 1.74 bits per heavy atom. The van der Waals surface area contributed by atoms with E-state index in [0.717, 1.165) is 73.4 Å². The number of aromatic nitrogens is 4. The Hall–Kier alpha value is -3.52. The molecule has 0 aliphatic heterocycles. The molecule has 3 heterocycles. The van der Waals surface area contributed by atoms with Gasteiger partial charge in [0.15, 0.2) is 5.65 Å². The van der Waals surface area contributed by atoms with Crippen molar-refractivity contribution in [3.05, 3.63) is 83.6 Å². The molecule has 3 N–H and O–H groups in total. The number of anilines is 2. The van der Waals surface area contributed by atoms with Crippen LogP contribution in [0.1, 0.15) is 75.0 Å². The predicted octanol–water partition coefficient (Wildman–Crippen LogP) is 6.36.